The summed E-state index contributed by atoms with van der Waals surface area (Å²) in [5, 5.41) is 9.77. The molecule has 0 heterocycles. The molecule has 19 heavy (non-hydrogen) atoms. The van der Waals surface area contributed by atoms with Crippen LogP contribution in [0.2, 0.25) is 0 Å². The van der Waals surface area contributed by atoms with Crippen LogP contribution in [-0.2, 0) is 4.79 Å². The molecule has 0 amide bonds. The smallest absolute Gasteiger partial charge is 0.160 e. The first-order chi connectivity index (χ1) is 9.17. The van der Waals surface area contributed by atoms with Crippen molar-refractivity contribution in [3.63, 3.8) is 0 Å². The lowest BCUT2D eigenvalue weighted by molar-refractivity contribution is -0.114. The Morgan fingerprint density at radius 2 is 2.11 bits per heavy atom. The van der Waals surface area contributed by atoms with Gasteiger partial charge in [-0.2, -0.15) is 0 Å². The topological polar surface area (TPSA) is 46.5 Å². The van der Waals surface area contributed by atoms with E-state index >= 15 is 0 Å². The van der Waals surface area contributed by atoms with Crippen molar-refractivity contribution in [3.8, 4) is 11.5 Å². The fourth-order valence-electron chi connectivity index (χ4n) is 1.42. The number of phenols is 1. The summed E-state index contributed by atoms with van der Waals surface area (Å²) in [7, 11) is 0. The number of ketones is 1. The number of allylic oxidation sites excluding steroid dienone is 3. The Bertz CT molecular complexity index is 473. The first-order valence-corrected chi connectivity index (χ1v) is 6.50. The Balaban J connectivity index is 2.65. The van der Waals surface area contributed by atoms with Gasteiger partial charge in [-0.1, -0.05) is 38.1 Å². The fraction of sp³-hybridized carbons (Fsp3) is 0.312. The molecule has 1 rings (SSSR count). The maximum absolute atomic E-state index is 11.0. The Morgan fingerprint density at radius 1 is 1.32 bits per heavy atom. The minimum Gasteiger partial charge on any atom is -0.504 e. The number of hydrogen-bond acceptors (Lipinski definition) is 3. The molecule has 0 aromatic heterocycles. The van der Waals surface area contributed by atoms with Gasteiger partial charge in [-0.05, 0) is 30.2 Å². The van der Waals surface area contributed by atoms with Gasteiger partial charge in [0.2, 0.25) is 0 Å². The molecule has 102 valence electrons. The molecule has 0 fully saturated rings. The normalized spacial score (nSPS) is 11.3. The average Bonchev–Trinajstić information content (AvgIpc) is 2.42. The van der Waals surface area contributed by atoms with Gasteiger partial charge >= 0.3 is 0 Å². The second kappa shape index (κ2) is 8.14. The van der Waals surface area contributed by atoms with Gasteiger partial charge in [-0.3, -0.25) is 4.79 Å². The van der Waals surface area contributed by atoms with Gasteiger partial charge in [-0.15, -0.1) is 0 Å². The maximum atomic E-state index is 11.0. The van der Waals surface area contributed by atoms with Crippen LogP contribution in [0, 0.1) is 0 Å². The minimum absolute atomic E-state index is 0.0933. The Labute approximate surface area is 114 Å². The summed E-state index contributed by atoms with van der Waals surface area (Å²) in [5.74, 6) is 0.718. The summed E-state index contributed by atoms with van der Waals surface area (Å²) in [5.41, 5.74) is 0.856. The van der Waals surface area contributed by atoms with Crippen LogP contribution >= 0.6 is 0 Å². The molecule has 1 N–H and O–H groups in total. The SMILES string of the molecule is CCCOc1ccc(C=CC=CC(=O)CC)cc1O. The summed E-state index contributed by atoms with van der Waals surface area (Å²) in [6, 6.07) is 5.24. The third kappa shape index (κ3) is 5.42. The summed E-state index contributed by atoms with van der Waals surface area (Å²) in [6.07, 6.45) is 8.24. The lowest BCUT2D eigenvalue weighted by Gasteiger charge is -2.06. The number of carbonyl (C=O) groups is 1. The van der Waals surface area contributed by atoms with Crippen molar-refractivity contribution in [1.29, 1.82) is 0 Å². The number of ether oxygens (including phenoxy) is 1. The van der Waals surface area contributed by atoms with Crippen molar-refractivity contribution in [2.45, 2.75) is 26.7 Å². The fourth-order valence-corrected chi connectivity index (χ4v) is 1.42. The van der Waals surface area contributed by atoms with Gasteiger partial charge in [0.1, 0.15) is 0 Å². The van der Waals surface area contributed by atoms with Gasteiger partial charge in [0.25, 0.3) is 0 Å². The monoisotopic (exact) mass is 260 g/mol. The molecule has 0 unspecified atom stereocenters. The van der Waals surface area contributed by atoms with Crippen LogP contribution in [0.1, 0.15) is 32.3 Å². The van der Waals surface area contributed by atoms with Crippen molar-refractivity contribution in [2.75, 3.05) is 6.61 Å². The first-order valence-electron chi connectivity index (χ1n) is 6.50. The van der Waals surface area contributed by atoms with E-state index in [4.69, 9.17) is 4.74 Å². The Kier molecular flexibility index (Phi) is 6.44. The van der Waals surface area contributed by atoms with Crippen LogP contribution in [0.4, 0.5) is 0 Å². The molecule has 0 aliphatic carbocycles. The zero-order valence-electron chi connectivity index (χ0n) is 11.4. The largest absolute Gasteiger partial charge is 0.504 e. The van der Waals surface area contributed by atoms with Crippen molar-refractivity contribution in [2.24, 2.45) is 0 Å². The molecular formula is C16H20O3. The molecule has 0 atom stereocenters. The van der Waals surface area contributed by atoms with Gasteiger partial charge in [0, 0.05) is 6.42 Å². The van der Waals surface area contributed by atoms with E-state index in [1.165, 1.54) is 6.08 Å². The molecule has 0 spiro atoms. The maximum Gasteiger partial charge on any atom is 0.160 e. The zero-order valence-corrected chi connectivity index (χ0v) is 11.4. The van der Waals surface area contributed by atoms with Crippen LogP contribution < -0.4 is 4.74 Å². The molecule has 0 saturated carbocycles. The van der Waals surface area contributed by atoms with Gasteiger partial charge in [0.05, 0.1) is 6.61 Å². The number of benzene rings is 1. The second-order valence-electron chi connectivity index (χ2n) is 4.11. The molecular weight excluding hydrogens is 240 g/mol. The van der Waals surface area contributed by atoms with Crippen LogP contribution in [0.5, 0.6) is 11.5 Å². The van der Waals surface area contributed by atoms with Crippen molar-refractivity contribution in [1.82, 2.24) is 0 Å². The summed E-state index contributed by atoms with van der Waals surface area (Å²) >= 11 is 0. The van der Waals surface area contributed by atoms with Gasteiger partial charge in [0.15, 0.2) is 17.3 Å². The molecule has 0 saturated heterocycles. The first kappa shape index (κ1) is 15.0. The molecule has 1 aromatic rings. The van der Waals surface area contributed by atoms with Crippen LogP contribution in [0.25, 0.3) is 6.08 Å². The predicted molar refractivity (Wildman–Crippen MR) is 77.4 cm³/mol. The third-order valence-corrected chi connectivity index (χ3v) is 2.48. The minimum atomic E-state index is 0.0933. The highest BCUT2D eigenvalue weighted by Crippen LogP contribution is 2.27. The molecule has 0 aliphatic rings. The van der Waals surface area contributed by atoms with Crippen molar-refractivity contribution < 1.29 is 14.6 Å². The number of aromatic hydroxyl groups is 1. The van der Waals surface area contributed by atoms with E-state index in [1.54, 1.807) is 24.3 Å². The highest BCUT2D eigenvalue weighted by molar-refractivity contribution is 5.89. The Hall–Kier alpha value is -2.03. The standard InChI is InChI=1S/C16H20O3/c1-3-11-19-16-10-9-13(12-15(16)18)7-5-6-8-14(17)4-2/h5-10,12,18H,3-4,11H2,1-2H3. The van der Waals surface area contributed by atoms with Crippen LogP contribution in [-0.4, -0.2) is 17.5 Å². The van der Waals surface area contributed by atoms with Crippen LogP contribution in [0.3, 0.4) is 0 Å². The molecule has 1 aromatic carbocycles. The molecule has 3 heteroatoms. The van der Waals surface area contributed by atoms with Crippen molar-refractivity contribution in [3.05, 3.63) is 42.0 Å². The van der Waals surface area contributed by atoms with E-state index in [0.717, 1.165) is 12.0 Å². The molecule has 0 bridgehead atoms. The highest BCUT2D eigenvalue weighted by atomic mass is 16.5. The number of hydrogen-bond donors (Lipinski definition) is 1. The Morgan fingerprint density at radius 3 is 2.74 bits per heavy atom. The predicted octanol–water partition coefficient (Wildman–Crippen LogP) is 3.73. The third-order valence-electron chi connectivity index (χ3n) is 2.48. The van der Waals surface area contributed by atoms with E-state index < -0.39 is 0 Å². The van der Waals surface area contributed by atoms with E-state index in [-0.39, 0.29) is 11.5 Å². The second-order valence-corrected chi connectivity index (χ2v) is 4.11. The number of carbonyl (C=O) groups excluding carboxylic acids is 1. The highest BCUT2D eigenvalue weighted by Gasteiger charge is 2.01. The lowest BCUT2D eigenvalue weighted by atomic mass is 10.2. The number of rotatable bonds is 7. The summed E-state index contributed by atoms with van der Waals surface area (Å²) < 4.78 is 5.38. The molecule has 0 aliphatic heterocycles. The van der Waals surface area contributed by atoms with E-state index in [9.17, 15) is 9.90 Å². The lowest BCUT2D eigenvalue weighted by Crippen LogP contribution is -1.95. The molecule has 0 radical (unpaired) electrons. The van der Waals surface area contributed by atoms with Gasteiger partial charge < -0.3 is 9.84 Å². The summed E-state index contributed by atoms with van der Waals surface area (Å²) in [4.78, 5) is 11.0. The quantitative estimate of drug-likeness (QED) is 0.600. The molecule has 3 nitrogen and oxygen atoms in total. The van der Waals surface area contributed by atoms with Crippen LogP contribution in [0.15, 0.2) is 36.4 Å². The van der Waals surface area contributed by atoms with Crippen molar-refractivity contribution >= 4 is 11.9 Å². The summed E-state index contributed by atoms with van der Waals surface area (Å²) in [6.45, 7) is 4.42. The van der Waals surface area contributed by atoms with Gasteiger partial charge in [-0.25, -0.2) is 0 Å². The van der Waals surface area contributed by atoms with E-state index in [2.05, 4.69) is 0 Å². The van der Waals surface area contributed by atoms with E-state index in [1.807, 2.05) is 26.0 Å². The number of phenolic OH excluding ortho intramolecular Hbond substituents is 1. The van der Waals surface area contributed by atoms with E-state index in [0.29, 0.717) is 18.8 Å². The zero-order chi connectivity index (χ0) is 14.1. The average molecular weight is 260 g/mol.